The smallest absolute Gasteiger partial charge is 0.131 e. The second kappa shape index (κ2) is 3.56. The quantitative estimate of drug-likeness (QED) is 0.732. The molecule has 1 aromatic carbocycles. The first-order valence-corrected chi connectivity index (χ1v) is 6.97. The van der Waals surface area contributed by atoms with Gasteiger partial charge in [-0.15, -0.1) is 0 Å². The minimum Gasteiger partial charge on any atom is -0.329 e. The van der Waals surface area contributed by atoms with Crippen molar-refractivity contribution in [1.29, 1.82) is 0 Å². The molecule has 3 nitrogen and oxygen atoms in total. The average molecular weight is 292 g/mol. The van der Waals surface area contributed by atoms with E-state index in [0.29, 0.717) is 6.04 Å². The van der Waals surface area contributed by atoms with Gasteiger partial charge in [-0.1, -0.05) is 15.9 Å². The summed E-state index contributed by atoms with van der Waals surface area (Å²) in [7, 11) is 0. The lowest BCUT2D eigenvalue weighted by Gasteiger charge is -2.47. The third-order valence-corrected chi connectivity index (χ3v) is 4.61. The van der Waals surface area contributed by atoms with E-state index in [-0.39, 0.29) is 6.17 Å². The van der Waals surface area contributed by atoms with Crippen molar-refractivity contribution in [1.82, 2.24) is 4.90 Å². The molecule has 4 heteroatoms. The normalized spacial score (nSPS) is 33.5. The SMILES string of the molecule is Brc1ccc2c(c1)C1N=CN2C2CCN1CC2. The Balaban J connectivity index is 1.94. The van der Waals surface area contributed by atoms with Crippen LogP contribution in [0.2, 0.25) is 0 Å². The molecule has 7 rings (SSSR count). The second-order valence-corrected chi connectivity index (χ2v) is 5.93. The van der Waals surface area contributed by atoms with E-state index in [2.05, 4.69) is 50.3 Å². The first-order valence-electron chi connectivity index (χ1n) is 6.18. The van der Waals surface area contributed by atoms with Crippen LogP contribution in [0.15, 0.2) is 27.7 Å². The van der Waals surface area contributed by atoms with Gasteiger partial charge < -0.3 is 4.90 Å². The lowest BCUT2D eigenvalue weighted by molar-refractivity contribution is 0.146. The molecule has 1 atom stereocenters. The summed E-state index contributed by atoms with van der Waals surface area (Å²) in [5.74, 6) is 0. The number of hydrogen-bond donors (Lipinski definition) is 0. The fourth-order valence-corrected chi connectivity index (χ4v) is 3.61. The van der Waals surface area contributed by atoms with E-state index < -0.39 is 0 Å². The predicted molar refractivity (Wildman–Crippen MR) is 72.4 cm³/mol. The lowest BCUT2D eigenvalue weighted by Crippen LogP contribution is -2.51. The maximum atomic E-state index is 4.72. The summed E-state index contributed by atoms with van der Waals surface area (Å²) in [6, 6.07) is 7.21. The summed E-state index contributed by atoms with van der Waals surface area (Å²) in [4.78, 5) is 9.62. The first kappa shape index (κ1) is 10.1. The molecular weight excluding hydrogens is 278 g/mol. The van der Waals surface area contributed by atoms with Gasteiger partial charge >= 0.3 is 0 Å². The standard InChI is InChI=1S/C13H14BrN3/c14-9-1-2-12-11(7-9)13-15-8-17(12)10-3-5-16(13)6-4-10/h1-2,7-8,10,13H,3-6H2. The number of piperidine rings is 1. The molecule has 0 aromatic heterocycles. The van der Waals surface area contributed by atoms with Gasteiger partial charge in [-0.2, -0.15) is 0 Å². The Morgan fingerprint density at radius 2 is 2.06 bits per heavy atom. The van der Waals surface area contributed by atoms with E-state index in [0.717, 1.165) is 4.47 Å². The van der Waals surface area contributed by atoms with Crippen molar-refractivity contribution >= 4 is 28.0 Å². The number of benzene rings is 1. The summed E-state index contributed by atoms with van der Waals surface area (Å²) < 4.78 is 1.15. The van der Waals surface area contributed by atoms with E-state index >= 15 is 0 Å². The predicted octanol–water partition coefficient (Wildman–Crippen LogP) is 2.77. The Labute approximate surface area is 109 Å². The number of anilines is 1. The summed E-state index contributed by atoms with van der Waals surface area (Å²) in [6.07, 6.45) is 4.81. The number of nitrogens with zero attached hydrogens (tertiary/aromatic N) is 3. The fraction of sp³-hybridized carbons (Fsp3) is 0.462. The monoisotopic (exact) mass is 291 g/mol. The highest BCUT2D eigenvalue weighted by Gasteiger charge is 2.37. The van der Waals surface area contributed by atoms with Gasteiger partial charge in [0.1, 0.15) is 6.17 Å². The van der Waals surface area contributed by atoms with Gasteiger partial charge in [0.05, 0.1) is 6.34 Å². The molecule has 0 amide bonds. The third kappa shape index (κ3) is 1.40. The van der Waals surface area contributed by atoms with Crippen LogP contribution in [-0.4, -0.2) is 30.4 Å². The average Bonchev–Trinajstić information content (AvgIpc) is 2.33. The summed E-state index contributed by atoms with van der Waals surface area (Å²) >= 11 is 3.57. The Morgan fingerprint density at radius 3 is 2.88 bits per heavy atom. The number of halogens is 1. The van der Waals surface area contributed by atoms with Crippen LogP contribution in [0.1, 0.15) is 24.6 Å². The van der Waals surface area contributed by atoms with Gasteiger partial charge in [-0.3, -0.25) is 9.89 Å². The molecule has 1 aromatic rings. The molecule has 0 saturated carbocycles. The largest absolute Gasteiger partial charge is 0.329 e. The zero-order valence-corrected chi connectivity index (χ0v) is 11.1. The highest BCUT2D eigenvalue weighted by Crippen LogP contribution is 2.41. The van der Waals surface area contributed by atoms with Gasteiger partial charge in [0.2, 0.25) is 0 Å². The fourth-order valence-electron chi connectivity index (χ4n) is 3.24. The van der Waals surface area contributed by atoms with Gasteiger partial charge in [0, 0.05) is 34.9 Å². The van der Waals surface area contributed by atoms with Gasteiger partial charge in [0.15, 0.2) is 0 Å². The molecule has 88 valence electrons. The molecule has 1 fully saturated rings. The molecule has 0 radical (unpaired) electrons. The third-order valence-electron chi connectivity index (χ3n) is 4.12. The second-order valence-electron chi connectivity index (χ2n) is 5.02. The van der Waals surface area contributed by atoms with E-state index in [1.807, 2.05) is 0 Å². The van der Waals surface area contributed by atoms with Crippen molar-refractivity contribution in [3.63, 3.8) is 0 Å². The molecule has 6 heterocycles. The molecule has 0 aliphatic carbocycles. The molecule has 1 unspecified atom stereocenters. The number of rotatable bonds is 0. The van der Waals surface area contributed by atoms with Gasteiger partial charge in [-0.25, -0.2) is 0 Å². The highest BCUT2D eigenvalue weighted by atomic mass is 79.9. The van der Waals surface area contributed by atoms with Crippen LogP contribution in [0.5, 0.6) is 0 Å². The van der Waals surface area contributed by atoms with Crippen LogP contribution < -0.4 is 4.90 Å². The van der Waals surface area contributed by atoms with E-state index in [1.165, 1.54) is 37.2 Å². The Morgan fingerprint density at radius 1 is 1.24 bits per heavy atom. The van der Waals surface area contributed by atoms with E-state index in [9.17, 15) is 0 Å². The maximum absolute atomic E-state index is 4.72. The molecule has 17 heavy (non-hydrogen) atoms. The number of hydrogen-bond acceptors (Lipinski definition) is 3. The minimum atomic E-state index is 0.236. The summed E-state index contributed by atoms with van der Waals surface area (Å²) in [6.45, 7) is 2.35. The molecule has 0 N–H and O–H groups in total. The topological polar surface area (TPSA) is 18.8 Å². The lowest BCUT2D eigenvalue weighted by atomic mass is 9.95. The first-order chi connectivity index (χ1) is 8.33. The van der Waals surface area contributed by atoms with Crippen molar-refractivity contribution in [2.45, 2.75) is 25.0 Å². The van der Waals surface area contributed by atoms with Crippen LogP contribution in [-0.2, 0) is 0 Å². The van der Waals surface area contributed by atoms with Crippen LogP contribution in [0.4, 0.5) is 5.69 Å². The maximum Gasteiger partial charge on any atom is 0.131 e. The van der Waals surface area contributed by atoms with Crippen molar-refractivity contribution in [3.05, 3.63) is 28.2 Å². The van der Waals surface area contributed by atoms with Crippen molar-refractivity contribution < 1.29 is 0 Å². The van der Waals surface area contributed by atoms with Crippen LogP contribution in [0.3, 0.4) is 0 Å². The van der Waals surface area contributed by atoms with Crippen LogP contribution in [0, 0.1) is 0 Å². The molecule has 6 aliphatic heterocycles. The number of aliphatic imine (C=N–C) groups is 1. The molecule has 1 saturated heterocycles. The Bertz CT molecular complexity index is 491. The van der Waals surface area contributed by atoms with E-state index in [1.54, 1.807) is 0 Å². The molecule has 6 aliphatic rings. The van der Waals surface area contributed by atoms with Crippen molar-refractivity contribution in [3.8, 4) is 0 Å². The zero-order valence-electron chi connectivity index (χ0n) is 9.51. The Hall–Kier alpha value is -0.870. The molecule has 0 spiro atoms. The van der Waals surface area contributed by atoms with Crippen LogP contribution in [0.25, 0.3) is 0 Å². The van der Waals surface area contributed by atoms with Crippen molar-refractivity contribution in [2.75, 3.05) is 18.0 Å². The zero-order chi connectivity index (χ0) is 11.4. The molecule has 4 bridgehead atoms. The minimum absolute atomic E-state index is 0.236. The summed E-state index contributed by atoms with van der Waals surface area (Å²) in [5.41, 5.74) is 2.70. The Kier molecular flexibility index (Phi) is 2.11. The van der Waals surface area contributed by atoms with Crippen molar-refractivity contribution in [2.24, 2.45) is 4.99 Å². The molecular formula is C13H14BrN3. The summed E-state index contributed by atoms with van der Waals surface area (Å²) in [5, 5.41) is 0. The highest BCUT2D eigenvalue weighted by molar-refractivity contribution is 9.10. The van der Waals surface area contributed by atoms with Gasteiger partial charge in [0.25, 0.3) is 0 Å². The van der Waals surface area contributed by atoms with E-state index in [4.69, 9.17) is 4.99 Å². The van der Waals surface area contributed by atoms with Gasteiger partial charge in [-0.05, 0) is 31.0 Å². The van der Waals surface area contributed by atoms with Crippen LogP contribution >= 0.6 is 15.9 Å².